The Balaban J connectivity index is 2.01. The fraction of sp³-hybridized carbons (Fsp3) is 0.667. The van der Waals surface area contributed by atoms with E-state index < -0.39 is 7.60 Å². The van der Waals surface area contributed by atoms with Crippen molar-refractivity contribution in [3.05, 3.63) is 12.7 Å². The molecule has 0 aliphatic heterocycles. The summed E-state index contributed by atoms with van der Waals surface area (Å²) >= 11 is 0. The number of nitrogen functional groups attached to an aromatic ring is 1. The molecule has 0 spiro atoms. The van der Waals surface area contributed by atoms with Gasteiger partial charge in [0.25, 0.3) is 0 Å². The van der Waals surface area contributed by atoms with Crippen molar-refractivity contribution >= 4 is 24.6 Å². The number of anilines is 1. The molecular weight excluding hydrogens is 345 g/mol. The number of hydrogen-bond donors (Lipinski definition) is 1. The number of imidazole rings is 1. The van der Waals surface area contributed by atoms with Gasteiger partial charge in [-0.25, -0.2) is 15.0 Å². The number of rotatable bonds is 9. The van der Waals surface area contributed by atoms with Crippen LogP contribution in [-0.2, 0) is 24.9 Å². The third-order valence-corrected chi connectivity index (χ3v) is 5.09. The lowest BCUT2D eigenvalue weighted by Crippen LogP contribution is -2.19. The van der Waals surface area contributed by atoms with Crippen molar-refractivity contribution in [2.45, 2.75) is 59.5 Å². The molecular formula is C15H26N5O4P. The zero-order chi connectivity index (χ0) is 18.6. The Hall–Kier alpha value is -1.54. The van der Waals surface area contributed by atoms with E-state index in [1.54, 1.807) is 6.33 Å². The lowest BCUT2D eigenvalue weighted by atomic mass is 10.4. The first-order chi connectivity index (χ1) is 11.7. The van der Waals surface area contributed by atoms with Crippen molar-refractivity contribution in [3.63, 3.8) is 0 Å². The van der Waals surface area contributed by atoms with E-state index in [0.717, 1.165) is 0 Å². The fourth-order valence-corrected chi connectivity index (χ4v) is 4.20. The van der Waals surface area contributed by atoms with Crippen molar-refractivity contribution in [2.24, 2.45) is 0 Å². The predicted molar refractivity (Wildman–Crippen MR) is 95.2 cm³/mol. The molecule has 1 unspecified atom stereocenters. The molecule has 1 atom stereocenters. The summed E-state index contributed by atoms with van der Waals surface area (Å²) in [4.78, 5) is 12.3. The molecule has 0 aliphatic carbocycles. The average Bonchev–Trinajstić information content (AvgIpc) is 2.88. The van der Waals surface area contributed by atoms with Gasteiger partial charge in [-0.3, -0.25) is 4.57 Å². The van der Waals surface area contributed by atoms with Crippen LogP contribution in [0.3, 0.4) is 0 Å². The van der Waals surface area contributed by atoms with Crippen LogP contribution in [0, 0.1) is 0 Å². The second kappa shape index (κ2) is 8.23. The lowest BCUT2D eigenvalue weighted by Gasteiger charge is -2.24. The van der Waals surface area contributed by atoms with E-state index >= 15 is 0 Å². The van der Waals surface area contributed by atoms with Crippen LogP contribution < -0.4 is 5.73 Å². The quantitative estimate of drug-likeness (QED) is 0.669. The summed E-state index contributed by atoms with van der Waals surface area (Å²) in [6.45, 7) is 9.56. The van der Waals surface area contributed by atoms with Gasteiger partial charge in [-0.2, -0.15) is 0 Å². The van der Waals surface area contributed by atoms with Crippen molar-refractivity contribution in [3.8, 4) is 0 Å². The van der Waals surface area contributed by atoms with E-state index in [9.17, 15) is 4.57 Å². The minimum absolute atomic E-state index is 0.117. The van der Waals surface area contributed by atoms with Gasteiger partial charge in [0.2, 0.25) is 0 Å². The van der Waals surface area contributed by atoms with E-state index in [1.807, 2.05) is 39.2 Å². The summed E-state index contributed by atoms with van der Waals surface area (Å²) in [7, 11) is -3.32. The number of fused-ring (bicyclic) bond motifs is 1. The van der Waals surface area contributed by atoms with Crippen LogP contribution >= 0.6 is 7.60 Å². The number of nitrogens with zero attached hydrogens (tertiary/aromatic N) is 4. The smallest absolute Gasteiger partial charge is 0.356 e. The fourth-order valence-electron chi connectivity index (χ4n) is 2.31. The summed E-state index contributed by atoms with van der Waals surface area (Å²) in [6.07, 6.45) is 2.20. The predicted octanol–water partition coefficient (Wildman–Crippen LogP) is 2.81. The first-order valence-corrected chi connectivity index (χ1v) is 9.91. The van der Waals surface area contributed by atoms with E-state index in [1.165, 1.54) is 6.33 Å². The van der Waals surface area contributed by atoms with Gasteiger partial charge >= 0.3 is 7.60 Å². The van der Waals surface area contributed by atoms with Crippen LogP contribution in [0.4, 0.5) is 5.82 Å². The number of nitrogens with two attached hydrogens (primary N) is 1. The first kappa shape index (κ1) is 19.8. The minimum atomic E-state index is -3.32. The largest absolute Gasteiger partial charge is 0.382 e. The van der Waals surface area contributed by atoms with Crippen LogP contribution in [0.1, 0.15) is 34.6 Å². The molecule has 0 aliphatic rings. The molecule has 0 saturated heterocycles. The summed E-state index contributed by atoms with van der Waals surface area (Å²) in [5.41, 5.74) is 6.96. The van der Waals surface area contributed by atoms with Crippen LogP contribution in [-0.4, -0.2) is 44.2 Å². The molecule has 0 fully saturated rings. The van der Waals surface area contributed by atoms with E-state index in [2.05, 4.69) is 15.0 Å². The van der Waals surface area contributed by atoms with Crippen molar-refractivity contribution in [2.75, 3.05) is 12.1 Å². The number of aromatic nitrogens is 4. The highest BCUT2D eigenvalue weighted by Crippen LogP contribution is 2.50. The summed E-state index contributed by atoms with van der Waals surface area (Å²) in [5, 5.41) is 0. The number of ether oxygens (including phenoxy) is 1. The maximum atomic E-state index is 12.8. The summed E-state index contributed by atoms with van der Waals surface area (Å²) in [5.74, 6) is 0.331. The first-order valence-electron chi connectivity index (χ1n) is 8.19. The van der Waals surface area contributed by atoms with E-state index in [-0.39, 0.29) is 24.7 Å². The van der Waals surface area contributed by atoms with E-state index in [4.69, 9.17) is 19.5 Å². The molecule has 2 aromatic rings. The normalized spacial score (nSPS) is 13.9. The maximum Gasteiger partial charge on any atom is 0.356 e. The molecule has 2 N–H and O–H groups in total. The molecule has 9 nitrogen and oxygen atoms in total. The van der Waals surface area contributed by atoms with Crippen LogP contribution in [0.25, 0.3) is 11.2 Å². The van der Waals surface area contributed by atoms with E-state index in [0.29, 0.717) is 23.5 Å². The van der Waals surface area contributed by atoms with Crippen molar-refractivity contribution in [1.29, 1.82) is 0 Å². The Labute approximate surface area is 147 Å². The molecule has 140 valence electrons. The minimum Gasteiger partial charge on any atom is -0.382 e. The average molecular weight is 371 g/mol. The maximum absolute atomic E-state index is 12.8. The van der Waals surface area contributed by atoms with Gasteiger partial charge < -0.3 is 24.1 Å². The standard InChI is InChI=1S/C15H26N5O4P/c1-10(2)23-25(21,24-11(3)4)9-22-12(5)6-20-8-19-13-14(16)17-7-18-15(13)20/h7-8,10-12H,6,9H2,1-5H3,(H2,16,17,18). The molecule has 0 bridgehead atoms. The molecule has 0 saturated carbocycles. The molecule has 10 heteroatoms. The number of hydrogen-bond acceptors (Lipinski definition) is 8. The molecule has 0 radical (unpaired) electrons. The second-order valence-corrected chi connectivity index (χ2v) is 8.26. The van der Waals surface area contributed by atoms with Crippen molar-refractivity contribution < 1.29 is 18.3 Å². The SMILES string of the molecule is CC(C)OP(=O)(COC(C)Cn1cnc2c(N)ncnc21)OC(C)C. The molecule has 2 rings (SSSR count). The molecule has 2 heterocycles. The Morgan fingerprint density at radius 1 is 1.12 bits per heavy atom. The third kappa shape index (κ3) is 5.47. The van der Waals surface area contributed by atoms with Crippen LogP contribution in [0.5, 0.6) is 0 Å². The molecule has 0 amide bonds. The Bertz CT molecular complexity index is 735. The third-order valence-electron chi connectivity index (χ3n) is 3.14. The van der Waals surface area contributed by atoms with Crippen molar-refractivity contribution in [1.82, 2.24) is 19.5 Å². The Morgan fingerprint density at radius 2 is 1.76 bits per heavy atom. The second-order valence-electron chi connectivity index (χ2n) is 6.35. The van der Waals surface area contributed by atoms with Gasteiger partial charge in [-0.15, -0.1) is 0 Å². The highest BCUT2D eigenvalue weighted by Gasteiger charge is 2.29. The van der Waals surface area contributed by atoms with Crippen LogP contribution in [0.2, 0.25) is 0 Å². The zero-order valence-corrected chi connectivity index (χ0v) is 16.1. The van der Waals surface area contributed by atoms with Crippen LogP contribution in [0.15, 0.2) is 12.7 Å². The van der Waals surface area contributed by atoms with Gasteiger partial charge in [0.05, 0.1) is 31.2 Å². The topological polar surface area (TPSA) is 114 Å². The zero-order valence-electron chi connectivity index (χ0n) is 15.2. The lowest BCUT2D eigenvalue weighted by molar-refractivity contribution is 0.0549. The Kier molecular flexibility index (Phi) is 6.51. The van der Waals surface area contributed by atoms with Gasteiger partial charge in [0, 0.05) is 0 Å². The summed E-state index contributed by atoms with van der Waals surface area (Å²) in [6, 6.07) is 0. The Morgan fingerprint density at radius 3 is 2.36 bits per heavy atom. The van der Waals surface area contributed by atoms with Gasteiger partial charge in [-0.05, 0) is 34.6 Å². The highest BCUT2D eigenvalue weighted by atomic mass is 31.2. The molecule has 25 heavy (non-hydrogen) atoms. The van der Waals surface area contributed by atoms with Gasteiger partial charge in [-0.1, -0.05) is 0 Å². The molecule has 2 aromatic heterocycles. The summed E-state index contributed by atoms with van der Waals surface area (Å²) < 4.78 is 31.3. The van der Waals surface area contributed by atoms with Gasteiger partial charge in [0.1, 0.15) is 18.2 Å². The molecule has 0 aromatic carbocycles. The highest BCUT2D eigenvalue weighted by molar-refractivity contribution is 7.53. The monoisotopic (exact) mass is 371 g/mol. The van der Waals surface area contributed by atoms with Gasteiger partial charge in [0.15, 0.2) is 11.5 Å².